The normalized spacial score (nSPS) is 11.5. The zero-order chi connectivity index (χ0) is 19.6. The van der Waals surface area contributed by atoms with Crippen LogP contribution in [0.15, 0.2) is 14.7 Å². The van der Waals surface area contributed by atoms with Crippen molar-refractivity contribution in [1.82, 2.24) is 19.1 Å². The number of fused-ring (bicyclic) bond motifs is 1. The van der Waals surface area contributed by atoms with Crippen molar-refractivity contribution in [3.63, 3.8) is 0 Å². The summed E-state index contributed by atoms with van der Waals surface area (Å²) in [6.45, 7) is 5.18. The van der Waals surface area contributed by atoms with Crippen molar-refractivity contribution in [3.8, 4) is 0 Å². The van der Waals surface area contributed by atoms with Gasteiger partial charge in [-0.25, -0.2) is 9.78 Å². The first-order valence-corrected chi connectivity index (χ1v) is 11.4. The van der Waals surface area contributed by atoms with Crippen LogP contribution in [0, 0.1) is 0 Å². The lowest BCUT2D eigenvalue weighted by Crippen LogP contribution is -2.29. The molecule has 0 amide bonds. The molecule has 0 atom stereocenters. The summed E-state index contributed by atoms with van der Waals surface area (Å²) in [5.41, 5.74) is 0.276. The molecule has 0 unspecified atom stereocenters. The van der Waals surface area contributed by atoms with Crippen LogP contribution in [-0.4, -0.2) is 24.9 Å². The fourth-order valence-corrected chi connectivity index (χ4v) is 4.35. The lowest BCUT2D eigenvalue weighted by Gasteiger charge is -2.08. The van der Waals surface area contributed by atoms with Gasteiger partial charge >= 0.3 is 5.69 Å². The van der Waals surface area contributed by atoms with E-state index in [9.17, 15) is 9.59 Å². The molecule has 0 radical (unpaired) electrons. The number of hydrogen-bond acceptors (Lipinski definition) is 4. The molecular formula is C20H34N4O2S. The van der Waals surface area contributed by atoms with Crippen molar-refractivity contribution >= 4 is 22.9 Å². The maximum atomic E-state index is 12.4. The first-order valence-electron chi connectivity index (χ1n) is 10.4. The SMILES string of the molecule is CCCCCCCCCCn1c(SCCCC)nc2c1c(=O)[nH]c(=O)n2C. The number of rotatable bonds is 13. The Bertz CT molecular complexity index is 822. The van der Waals surface area contributed by atoms with Crippen molar-refractivity contribution in [1.29, 1.82) is 0 Å². The van der Waals surface area contributed by atoms with Gasteiger partial charge in [-0.2, -0.15) is 0 Å². The Morgan fingerprint density at radius 1 is 0.926 bits per heavy atom. The Kier molecular flexibility index (Phi) is 9.18. The van der Waals surface area contributed by atoms with E-state index in [4.69, 9.17) is 0 Å². The maximum Gasteiger partial charge on any atom is 0.329 e. The molecule has 0 aliphatic heterocycles. The van der Waals surface area contributed by atoms with E-state index in [0.29, 0.717) is 11.2 Å². The predicted octanol–water partition coefficient (Wildman–Crippen LogP) is 4.46. The minimum absolute atomic E-state index is 0.331. The highest BCUT2D eigenvalue weighted by molar-refractivity contribution is 7.99. The number of hydrogen-bond donors (Lipinski definition) is 1. The van der Waals surface area contributed by atoms with Gasteiger partial charge < -0.3 is 4.57 Å². The highest BCUT2D eigenvalue weighted by Crippen LogP contribution is 2.23. The number of H-pyrrole nitrogens is 1. The van der Waals surface area contributed by atoms with Gasteiger partial charge in [-0.1, -0.05) is 77.0 Å². The number of aromatic nitrogens is 4. The number of nitrogens with one attached hydrogen (secondary N) is 1. The molecular weight excluding hydrogens is 360 g/mol. The fourth-order valence-electron chi connectivity index (χ4n) is 3.24. The summed E-state index contributed by atoms with van der Waals surface area (Å²) >= 11 is 1.68. The smallest absolute Gasteiger partial charge is 0.313 e. The molecule has 2 rings (SSSR count). The molecule has 0 saturated carbocycles. The second-order valence-electron chi connectivity index (χ2n) is 7.21. The summed E-state index contributed by atoms with van der Waals surface area (Å²) in [7, 11) is 1.66. The summed E-state index contributed by atoms with van der Waals surface area (Å²) in [5, 5.41) is 0.855. The molecule has 2 aromatic heterocycles. The largest absolute Gasteiger partial charge is 0.329 e. The number of aryl methyl sites for hydroxylation is 2. The minimum atomic E-state index is -0.408. The number of unbranched alkanes of at least 4 members (excludes halogenated alkanes) is 8. The molecule has 0 aliphatic rings. The molecule has 0 spiro atoms. The lowest BCUT2D eigenvalue weighted by atomic mass is 10.1. The first-order chi connectivity index (χ1) is 13.1. The Hall–Kier alpha value is -1.50. The van der Waals surface area contributed by atoms with E-state index in [0.717, 1.165) is 43.1 Å². The molecule has 152 valence electrons. The third-order valence-corrected chi connectivity index (χ3v) is 6.00. The fraction of sp³-hybridized carbons (Fsp3) is 0.750. The average molecular weight is 395 g/mol. The highest BCUT2D eigenvalue weighted by Gasteiger charge is 2.17. The number of nitrogens with zero attached hydrogens (tertiary/aromatic N) is 3. The molecule has 27 heavy (non-hydrogen) atoms. The highest BCUT2D eigenvalue weighted by atomic mass is 32.2. The van der Waals surface area contributed by atoms with Gasteiger partial charge in [-0.05, 0) is 12.8 Å². The molecule has 2 aromatic rings. The van der Waals surface area contributed by atoms with Crippen molar-refractivity contribution in [2.75, 3.05) is 5.75 Å². The Labute approximate surface area is 165 Å². The molecule has 0 bridgehead atoms. The Morgan fingerprint density at radius 3 is 2.22 bits per heavy atom. The van der Waals surface area contributed by atoms with E-state index in [1.165, 1.54) is 43.1 Å². The predicted molar refractivity (Wildman–Crippen MR) is 114 cm³/mol. The standard InChI is InChI=1S/C20H34N4O2S/c1-4-6-8-9-10-11-12-13-14-24-16-17(21-20(24)27-15-7-5-2)23(3)19(26)22-18(16)25/h4-15H2,1-3H3,(H,22,25,26). The third-order valence-electron chi connectivity index (χ3n) is 4.94. The molecule has 0 aromatic carbocycles. The van der Waals surface area contributed by atoms with E-state index < -0.39 is 5.69 Å². The van der Waals surface area contributed by atoms with Crippen molar-refractivity contribution < 1.29 is 0 Å². The topological polar surface area (TPSA) is 72.7 Å². The monoisotopic (exact) mass is 394 g/mol. The quantitative estimate of drug-likeness (QED) is 0.402. The van der Waals surface area contributed by atoms with Gasteiger partial charge in [0.2, 0.25) is 0 Å². The van der Waals surface area contributed by atoms with Crippen LogP contribution in [0.5, 0.6) is 0 Å². The van der Waals surface area contributed by atoms with E-state index in [2.05, 4.69) is 23.8 Å². The zero-order valence-electron chi connectivity index (χ0n) is 17.1. The number of imidazole rings is 1. The van der Waals surface area contributed by atoms with E-state index >= 15 is 0 Å². The molecule has 0 aliphatic carbocycles. The molecule has 0 fully saturated rings. The maximum absolute atomic E-state index is 12.4. The van der Waals surface area contributed by atoms with Crippen molar-refractivity contribution in [2.45, 2.75) is 89.8 Å². The van der Waals surface area contributed by atoms with Crippen LogP contribution >= 0.6 is 11.8 Å². The van der Waals surface area contributed by atoms with Crippen LogP contribution in [0.2, 0.25) is 0 Å². The second kappa shape index (κ2) is 11.4. The van der Waals surface area contributed by atoms with Gasteiger partial charge in [-0.15, -0.1) is 0 Å². The Morgan fingerprint density at radius 2 is 1.56 bits per heavy atom. The van der Waals surface area contributed by atoms with Crippen LogP contribution in [0.4, 0.5) is 0 Å². The van der Waals surface area contributed by atoms with Gasteiger partial charge in [0, 0.05) is 19.3 Å². The van der Waals surface area contributed by atoms with Crippen LogP contribution in [0.25, 0.3) is 11.2 Å². The van der Waals surface area contributed by atoms with E-state index in [-0.39, 0.29) is 5.56 Å². The second-order valence-corrected chi connectivity index (χ2v) is 8.28. The molecule has 6 nitrogen and oxygen atoms in total. The summed E-state index contributed by atoms with van der Waals surface area (Å²) in [6.07, 6.45) is 12.2. The van der Waals surface area contributed by atoms with Gasteiger partial charge in [0.05, 0.1) is 0 Å². The number of thioether (sulfide) groups is 1. The molecule has 7 heteroatoms. The molecule has 0 saturated heterocycles. The van der Waals surface area contributed by atoms with Crippen LogP contribution in [-0.2, 0) is 13.6 Å². The summed E-state index contributed by atoms with van der Waals surface area (Å²) < 4.78 is 3.45. The van der Waals surface area contributed by atoms with Crippen LogP contribution < -0.4 is 11.2 Å². The summed E-state index contributed by atoms with van der Waals surface area (Å²) in [6, 6.07) is 0. The van der Waals surface area contributed by atoms with Gasteiger partial charge in [0.15, 0.2) is 16.3 Å². The van der Waals surface area contributed by atoms with Crippen molar-refractivity contribution in [2.24, 2.45) is 7.05 Å². The van der Waals surface area contributed by atoms with Crippen LogP contribution in [0.3, 0.4) is 0 Å². The van der Waals surface area contributed by atoms with E-state index in [1.807, 2.05) is 4.57 Å². The van der Waals surface area contributed by atoms with Crippen LogP contribution in [0.1, 0.15) is 78.1 Å². The summed E-state index contributed by atoms with van der Waals surface area (Å²) in [4.78, 5) is 31.3. The molecule has 2 heterocycles. The number of aromatic amines is 1. The average Bonchev–Trinajstić information content (AvgIpc) is 3.01. The van der Waals surface area contributed by atoms with Gasteiger partial charge in [0.25, 0.3) is 5.56 Å². The lowest BCUT2D eigenvalue weighted by molar-refractivity contribution is 0.533. The third kappa shape index (κ3) is 5.99. The first kappa shape index (κ1) is 21.8. The molecule has 1 N–H and O–H groups in total. The zero-order valence-corrected chi connectivity index (χ0v) is 17.9. The minimum Gasteiger partial charge on any atom is -0.313 e. The van der Waals surface area contributed by atoms with E-state index in [1.54, 1.807) is 18.8 Å². The van der Waals surface area contributed by atoms with Crippen molar-refractivity contribution in [3.05, 3.63) is 20.8 Å². The van der Waals surface area contributed by atoms with Gasteiger partial charge in [0.1, 0.15) is 0 Å². The summed E-state index contributed by atoms with van der Waals surface area (Å²) in [5.74, 6) is 0.975. The Balaban J connectivity index is 2.08. The van der Waals surface area contributed by atoms with Gasteiger partial charge in [-0.3, -0.25) is 14.3 Å².